The molecule has 0 bridgehead atoms. The van der Waals surface area contributed by atoms with E-state index in [9.17, 15) is 9.59 Å². The number of amides is 1. The van der Waals surface area contributed by atoms with Crippen LogP contribution in [0.4, 0.5) is 0 Å². The molecular formula is C14H22N2O3. The van der Waals surface area contributed by atoms with Crippen molar-refractivity contribution < 1.29 is 14.3 Å². The summed E-state index contributed by atoms with van der Waals surface area (Å²) in [6.45, 7) is 1.42. The van der Waals surface area contributed by atoms with Crippen LogP contribution in [-0.2, 0) is 14.3 Å². The number of ether oxygens (including phenoxy) is 1. The summed E-state index contributed by atoms with van der Waals surface area (Å²) in [6.07, 6.45) is 7.43. The van der Waals surface area contributed by atoms with Crippen molar-refractivity contribution in [2.45, 2.75) is 51.1 Å². The molecule has 3 atom stereocenters. The summed E-state index contributed by atoms with van der Waals surface area (Å²) < 4.78 is 4.76. The van der Waals surface area contributed by atoms with Gasteiger partial charge in [-0.15, -0.1) is 0 Å². The fourth-order valence-corrected chi connectivity index (χ4v) is 3.12. The van der Waals surface area contributed by atoms with Gasteiger partial charge in [0.25, 0.3) is 0 Å². The van der Waals surface area contributed by atoms with Crippen molar-refractivity contribution in [2.75, 3.05) is 7.11 Å². The predicted octanol–water partition coefficient (Wildman–Crippen LogP) is 1.10. The largest absolute Gasteiger partial charge is 0.467 e. The molecule has 2 rings (SSSR count). The van der Waals surface area contributed by atoms with Gasteiger partial charge < -0.3 is 15.4 Å². The van der Waals surface area contributed by atoms with E-state index in [0.29, 0.717) is 18.4 Å². The van der Waals surface area contributed by atoms with Gasteiger partial charge >= 0.3 is 5.97 Å². The first-order valence-electron chi connectivity index (χ1n) is 6.91. The summed E-state index contributed by atoms with van der Waals surface area (Å²) in [6, 6.07) is -0.0596. The molecule has 1 saturated carbocycles. The SMILES string of the molecule is COC(=O)C(CC1=CNC2CCCCC12)NC(C)=O. The minimum atomic E-state index is -0.573. The molecule has 2 aliphatic rings. The molecule has 19 heavy (non-hydrogen) atoms. The Morgan fingerprint density at radius 1 is 1.47 bits per heavy atom. The first kappa shape index (κ1) is 13.9. The highest BCUT2D eigenvalue weighted by Gasteiger charge is 2.34. The van der Waals surface area contributed by atoms with Gasteiger partial charge in [-0.3, -0.25) is 4.79 Å². The lowest BCUT2D eigenvalue weighted by molar-refractivity contribution is -0.144. The molecule has 0 aromatic heterocycles. The zero-order valence-corrected chi connectivity index (χ0v) is 11.6. The molecule has 0 aromatic rings. The minimum Gasteiger partial charge on any atom is -0.467 e. The highest BCUT2D eigenvalue weighted by molar-refractivity contribution is 5.83. The third kappa shape index (κ3) is 3.28. The third-order valence-electron chi connectivity index (χ3n) is 4.03. The van der Waals surface area contributed by atoms with Crippen molar-refractivity contribution in [3.63, 3.8) is 0 Å². The number of methoxy groups -OCH3 is 1. The van der Waals surface area contributed by atoms with Gasteiger partial charge in [-0.2, -0.15) is 0 Å². The van der Waals surface area contributed by atoms with E-state index < -0.39 is 6.04 Å². The van der Waals surface area contributed by atoms with Gasteiger partial charge in [-0.1, -0.05) is 12.8 Å². The van der Waals surface area contributed by atoms with Gasteiger partial charge in [0.1, 0.15) is 6.04 Å². The van der Waals surface area contributed by atoms with Crippen LogP contribution in [0.3, 0.4) is 0 Å². The van der Waals surface area contributed by atoms with E-state index in [1.165, 1.54) is 38.9 Å². The fourth-order valence-electron chi connectivity index (χ4n) is 3.12. The molecule has 0 saturated heterocycles. The van der Waals surface area contributed by atoms with Crippen LogP contribution in [0.15, 0.2) is 11.8 Å². The van der Waals surface area contributed by atoms with E-state index in [4.69, 9.17) is 4.74 Å². The van der Waals surface area contributed by atoms with Gasteiger partial charge in [0.15, 0.2) is 0 Å². The molecule has 5 heteroatoms. The lowest BCUT2D eigenvalue weighted by Crippen LogP contribution is -2.41. The van der Waals surface area contributed by atoms with Crippen LogP contribution in [0.25, 0.3) is 0 Å². The second-order valence-electron chi connectivity index (χ2n) is 5.36. The number of carbonyl (C=O) groups is 2. The number of hydrogen-bond acceptors (Lipinski definition) is 4. The summed E-state index contributed by atoms with van der Waals surface area (Å²) in [4.78, 5) is 22.9. The second-order valence-corrected chi connectivity index (χ2v) is 5.36. The Morgan fingerprint density at radius 2 is 2.21 bits per heavy atom. The summed E-state index contributed by atoms with van der Waals surface area (Å²) in [7, 11) is 1.35. The molecule has 2 N–H and O–H groups in total. The van der Waals surface area contributed by atoms with Crippen LogP contribution in [0.5, 0.6) is 0 Å². The Balaban J connectivity index is 2.00. The van der Waals surface area contributed by atoms with Gasteiger partial charge in [-0.05, 0) is 24.6 Å². The average Bonchev–Trinajstić information content (AvgIpc) is 2.80. The van der Waals surface area contributed by atoms with E-state index in [2.05, 4.69) is 10.6 Å². The van der Waals surface area contributed by atoms with E-state index in [1.54, 1.807) is 0 Å². The normalized spacial score (nSPS) is 26.7. The number of hydrogen-bond donors (Lipinski definition) is 2. The zero-order chi connectivity index (χ0) is 13.8. The molecule has 1 aliphatic heterocycles. The molecule has 1 amide bonds. The standard InChI is InChI=1S/C14H22N2O3/c1-9(17)16-13(14(18)19-2)7-10-8-15-12-6-4-3-5-11(10)12/h8,11-13,15H,3-7H2,1-2H3,(H,16,17). The molecule has 1 aliphatic carbocycles. The van der Waals surface area contributed by atoms with Gasteiger partial charge in [0.2, 0.25) is 5.91 Å². The van der Waals surface area contributed by atoms with Crippen molar-refractivity contribution in [3.8, 4) is 0 Å². The molecule has 1 fully saturated rings. The van der Waals surface area contributed by atoms with Gasteiger partial charge in [0, 0.05) is 25.3 Å². The van der Waals surface area contributed by atoms with E-state index in [-0.39, 0.29) is 11.9 Å². The maximum atomic E-state index is 11.7. The van der Waals surface area contributed by atoms with Crippen LogP contribution in [-0.4, -0.2) is 31.1 Å². The Hall–Kier alpha value is -1.52. The first-order valence-corrected chi connectivity index (χ1v) is 6.91. The summed E-state index contributed by atoms with van der Waals surface area (Å²) in [5.41, 5.74) is 1.23. The van der Waals surface area contributed by atoms with Crippen LogP contribution in [0.2, 0.25) is 0 Å². The van der Waals surface area contributed by atoms with E-state index >= 15 is 0 Å². The second kappa shape index (κ2) is 6.08. The van der Waals surface area contributed by atoms with Crippen molar-refractivity contribution in [1.29, 1.82) is 0 Å². The lowest BCUT2D eigenvalue weighted by atomic mass is 9.80. The highest BCUT2D eigenvalue weighted by Crippen LogP contribution is 2.35. The molecular weight excluding hydrogens is 244 g/mol. The number of fused-ring (bicyclic) bond motifs is 1. The number of rotatable bonds is 4. The molecule has 3 unspecified atom stereocenters. The predicted molar refractivity (Wildman–Crippen MR) is 71.2 cm³/mol. The number of carbonyl (C=O) groups excluding carboxylic acids is 2. The maximum Gasteiger partial charge on any atom is 0.328 e. The van der Waals surface area contributed by atoms with Gasteiger partial charge in [0.05, 0.1) is 7.11 Å². The molecule has 0 radical (unpaired) electrons. The monoisotopic (exact) mass is 266 g/mol. The summed E-state index contributed by atoms with van der Waals surface area (Å²) in [5.74, 6) is -0.0767. The van der Waals surface area contributed by atoms with E-state index in [1.807, 2.05) is 6.20 Å². The van der Waals surface area contributed by atoms with Crippen LogP contribution < -0.4 is 10.6 Å². The topological polar surface area (TPSA) is 67.4 Å². The average molecular weight is 266 g/mol. The minimum absolute atomic E-state index is 0.206. The van der Waals surface area contributed by atoms with Crippen LogP contribution >= 0.6 is 0 Å². The molecule has 1 heterocycles. The van der Waals surface area contributed by atoms with Crippen molar-refractivity contribution in [1.82, 2.24) is 10.6 Å². The molecule has 0 spiro atoms. The maximum absolute atomic E-state index is 11.7. The fraction of sp³-hybridized carbons (Fsp3) is 0.714. The zero-order valence-electron chi connectivity index (χ0n) is 11.6. The van der Waals surface area contributed by atoms with Crippen molar-refractivity contribution in [3.05, 3.63) is 11.8 Å². The van der Waals surface area contributed by atoms with Crippen molar-refractivity contribution in [2.24, 2.45) is 5.92 Å². The molecule has 106 valence electrons. The molecule has 5 nitrogen and oxygen atoms in total. The van der Waals surface area contributed by atoms with Gasteiger partial charge in [-0.25, -0.2) is 4.79 Å². The number of nitrogens with one attached hydrogen (secondary N) is 2. The Labute approximate surface area is 113 Å². The first-order chi connectivity index (χ1) is 9.11. The van der Waals surface area contributed by atoms with Crippen molar-refractivity contribution >= 4 is 11.9 Å². The lowest BCUT2D eigenvalue weighted by Gasteiger charge is -2.28. The van der Waals surface area contributed by atoms with Crippen LogP contribution in [0.1, 0.15) is 39.0 Å². The van der Waals surface area contributed by atoms with Crippen LogP contribution in [0, 0.1) is 5.92 Å². The third-order valence-corrected chi connectivity index (χ3v) is 4.03. The Morgan fingerprint density at radius 3 is 2.89 bits per heavy atom. The Kier molecular flexibility index (Phi) is 4.45. The van der Waals surface area contributed by atoms with E-state index in [0.717, 1.165) is 6.42 Å². The smallest absolute Gasteiger partial charge is 0.328 e. The Bertz CT molecular complexity index is 392. The number of esters is 1. The summed E-state index contributed by atoms with van der Waals surface area (Å²) >= 11 is 0. The molecule has 0 aromatic carbocycles. The quantitative estimate of drug-likeness (QED) is 0.748. The summed E-state index contributed by atoms with van der Waals surface area (Å²) in [5, 5.41) is 6.07. The highest BCUT2D eigenvalue weighted by atomic mass is 16.5.